The van der Waals surface area contributed by atoms with Gasteiger partial charge in [0, 0.05) is 18.7 Å². The number of benzene rings is 1. The number of rotatable bonds is 7. The molecule has 0 radical (unpaired) electrons. The van der Waals surface area contributed by atoms with E-state index in [9.17, 15) is 4.79 Å². The maximum absolute atomic E-state index is 12.4. The molecule has 0 spiro atoms. The van der Waals surface area contributed by atoms with Gasteiger partial charge in [0.15, 0.2) is 0 Å². The molecule has 1 aromatic carbocycles. The molecule has 1 aliphatic heterocycles. The molecule has 1 aromatic rings. The lowest BCUT2D eigenvalue weighted by atomic mass is 9.71. The summed E-state index contributed by atoms with van der Waals surface area (Å²) in [6.45, 7) is 2.02. The lowest BCUT2D eigenvalue weighted by Crippen LogP contribution is -2.36. The van der Waals surface area contributed by atoms with E-state index in [1.165, 1.54) is 19.3 Å². The summed E-state index contributed by atoms with van der Waals surface area (Å²) in [6.07, 6.45) is 8.66. The van der Waals surface area contributed by atoms with Gasteiger partial charge < -0.3 is 20.5 Å². The SMILES string of the molecule is NCC1(CC(=O)Nc2ccc(OCC3CCCO3)cc2)CCCCC1. The van der Waals surface area contributed by atoms with E-state index in [4.69, 9.17) is 15.2 Å². The normalized spacial score (nSPS) is 22.5. The van der Waals surface area contributed by atoms with Gasteiger partial charge in [-0.05, 0) is 61.9 Å². The van der Waals surface area contributed by atoms with E-state index in [2.05, 4.69) is 5.32 Å². The van der Waals surface area contributed by atoms with Gasteiger partial charge in [-0.25, -0.2) is 0 Å². The predicted molar refractivity (Wildman–Crippen MR) is 98.7 cm³/mol. The molecule has 138 valence electrons. The number of anilines is 1. The van der Waals surface area contributed by atoms with Crippen LogP contribution in [0, 0.1) is 5.41 Å². The monoisotopic (exact) mass is 346 g/mol. The second-order valence-corrected chi connectivity index (χ2v) is 7.46. The van der Waals surface area contributed by atoms with E-state index in [0.29, 0.717) is 19.6 Å². The van der Waals surface area contributed by atoms with E-state index in [0.717, 1.165) is 43.7 Å². The molecule has 5 heteroatoms. The molecular weight excluding hydrogens is 316 g/mol. The van der Waals surface area contributed by atoms with Crippen LogP contribution in [0.25, 0.3) is 0 Å². The van der Waals surface area contributed by atoms with Crippen LogP contribution in [0.3, 0.4) is 0 Å². The van der Waals surface area contributed by atoms with Crippen LogP contribution in [0.4, 0.5) is 5.69 Å². The molecule has 3 rings (SSSR count). The highest BCUT2D eigenvalue weighted by atomic mass is 16.5. The predicted octanol–water partition coefficient (Wildman–Crippen LogP) is 3.48. The number of ether oxygens (including phenoxy) is 2. The summed E-state index contributed by atoms with van der Waals surface area (Å²) >= 11 is 0. The fourth-order valence-corrected chi connectivity index (χ4v) is 3.90. The van der Waals surface area contributed by atoms with Gasteiger partial charge in [-0.15, -0.1) is 0 Å². The molecule has 1 saturated heterocycles. The molecular formula is C20H30N2O3. The topological polar surface area (TPSA) is 73.6 Å². The first-order chi connectivity index (χ1) is 12.2. The van der Waals surface area contributed by atoms with Gasteiger partial charge in [-0.3, -0.25) is 4.79 Å². The zero-order valence-electron chi connectivity index (χ0n) is 15.0. The minimum atomic E-state index is -0.00727. The van der Waals surface area contributed by atoms with Gasteiger partial charge >= 0.3 is 0 Å². The quantitative estimate of drug-likeness (QED) is 0.793. The van der Waals surface area contributed by atoms with E-state index in [-0.39, 0.29) is 17.4 Å². The minimum absolute atomic E-state index is 0.00727. The number of carbonyl (C=O) groups is 1. The Hall–Kier alpha value is -1.59. The third-order valence-electron chi connectivity index (χ3n) is 5.48. The van der Waals surface area contributed by atoms with Crippen molar-refractivity contribution in [2.45, 2.75) is 57.5 Å². The van der Waals surface area contributed by atoms with E-state index in [1.807, 2.05) is 24.3 Å². The zero-order valence-corrected chi connectivity index (χ0v) is 15.0. The van der Waals surface area contributed by atoms with Crippen LogP contribution < -0.4 is 15.8 Å². The van der Waals surface area contributed by atoms with Crippen molar-refractivity contribution in [3.63, 3.8) is 0 Å². The smallest absolute Gasteiger partial charge is 0.224 e. The van der Waals surface area contributed by atoms with E-state index >= 15 is 0 Å². The first kappa shape index (κ1) is 18.2. The highest BCUT2D eigenvalue weighted by Gasteiger charge is 2.32. The molecule has 1 unspecified atom stereocenters. The molecule has 1 amide bonds. The molecule has 25 heavy (non-hydrogen) atoms. The summed E-state index contributed by atoms with van der Waals surface area (Å²) in [5.41, 5.74) is 6.77. The van der Waals surface area contributed by atoms with Crippen LogP contribution in [-0.4, -0.2) is 31.8 Å². The third kappa shape index (κ3) is 5.19. The van der Waals surface area contributed by atoms with E-state index in [1.54, 1.807) is 0 Å². The van der Waals surface area contributed by atoms with Crippen molar-refractivity contribution in [1.29, 1.82) is 0 Å². The van der Waals surface area contributed by atoms with Gasteiger partial charge in [0.25, 0.3) is 0 Å². The summed E-state index contributed by atoms with van der Waals surface area (Å²) in [4.78, 5) is 12.4. The molecule has 1 saturated carbocycles. The minimum Gasteiger partial charge on any atom is -0.491 e. The van der Waals surface area contributed by atoms with Gasteiger partial charge in [0.05, 0.1) is 6.10 Å². The number of amides is 1. The summed E-state index contributed by atoms with van der Waals surface area (Å²) in [6, 6.07) is 7.56. The average molecular weight is 346 g/mol. The Labute approximate surface area is 150 Å². The van der Waals surface area contributed by atoms with Crippen LogP contribution >= 0.6 is 0 Å². The fourth-order valence-electron chi connectivity index (χ4n) is 3.90. The standard InChI is InChI=1S/C20H30N2O3/c21-15-20(10-2-1-3-11-20)13-19(23)22-16-6-8-17(9-7-16)25-14-18-5-4-12-24-18/h6-9,18H,1-5,10-15,21H2,(H,22,23). The van der Waals surface area contributed by atoms with E-state index < -0.39 is 0 Å². The first-order valence-electron chi connectivity index (χ1n) is 9.54. The zero-order chi connectivity index (χ0) is 17.5. The highest BCUT2D eigenvalue weighted by molar-refractivity contribution is 5.91. The summed E-state index contributed by atoms with van der Waals surface area (Å²) in [5, 5.41) is 3.00. The lowest BCUT2D eigenvalue weighted by Gasteiger charge is -2.35. The molecule has 1 atom stereocenters. The van der Waals surface area contributed by atoms with Crippen LogP contribution in [0.2, 0.25) is 0 Å². The Morgan fingerprint density at radius 2 is 1.96 bits per heavy atom. The Kier molecular flexibility index (Phi) is 6.32. The van der Waals surface area contributed by atoms with Crippen molar-refractivity contribution in [1.82, 2.24) is 0 Å². The highest BCUT2D eigenvalue weighted by Crippen LogP contribution is 2.38. The lowest BCUT2D eigenvalue weighted by molar-refractivity contribution is -0.118. The second kappa shape index (κ2) is 8.68. The maximum atomic E-state index is 12.4. The Bertz CT molecular complexity index is 547. The van der Waals surface area contributed by atoms with Crippen LogP contribution in [-0.2, 0) is 9.53 Å². The number of hydrogen-bond donors (Lipinski definition) is 2. The summed E-state index contributed by atoms with van der Waals surface area (Å²) < 4.78 is 11.3. The van der Waals surface area contributed by atoms with Crippen molar-refractivity contribution < 1.29 is 14.3 Å². The Morgan fingerprint density at radius 1 is 1.20 bits per heavy atom. The van der Waals surface area contributed by atoms with Gasteiger partial charge in [0.1, 0.15) is 12.4 Å². The number of nitrogens with one attached hydrogen (secondary N) is 1. The molecule has 2 aliphatic rings. The largest absolute Gasteiger partial charge is 0.491 e. The summed E-state index contributed by atoms with van der Waals surface area (Å²) in [5.74, 6) is 0.861. The molecule has 0 bridgehead atoms. The van der Waals surface area contributed by atoms with Crippen LogP contribution in [0.5, 0.6) is 5.75 Å². The molecule has 2 fully saturated rings. The number of nitrogens with two attached hydrogens (primary N) is 1. The van der Waals surface area contributed by atoms with Crippen molar-refractivity contribution in [3.05, 3.63) is 24.3 Å². The van der Waals surface area contributed by atoms with Crippen molar-refractivity contribution in [3.8, 4) is 5.75 Å². The molecule has 1 aliphatic carbocycles. The average Bonchev–Trinajstić information content (AvgIpc) is 3.15. The van der Waals surface area contributed by atoms with Gasteiger partial charge in [0.2, 0.25) is 5.91 Å². The summed E-state index contributed by atoms with van der Waals surface area (Å²) in [7, 11) is 0. The third-order valence-corrected chi connectivity index (χ3v) is 5.48. The Balaban J connectivity index is 1.47. The van der Waals surface area contributed by atoms with Crippen molar-refractivity contribution in [2.75, 3.05) is 25.1 Å². The number of carbonyl (C=O) groups excluding carboxylic acids is 1. The molecule has 1 heterocycles. The van der Waals surface area contributed by atoms with Crippen molar-refractivity contribution in [2.24, 2.45) is 11.1 Å². The molecule has 3 N–H and O–H groups in total. The Morgan fingerprint density at radius 3 is 2.60 bits per heavy atom. The molecule has 5 nitrogen and oxygen atoms in total. The fraction of sp³-hybridized carbons (Fsp3) is 0.650. The van der Waals surface area contributed by atoms with Crippen LogP contribution in [0.1, 0.15) is 51.4 Å². The first-order valence-corrected chi connectivity index (χ1v) is 9.54. The van der Waals surface area contributed by atoms with Crippen molar-refractivity contribution >= 4 is 11.6 Å². The van der Waals surface area contributed by atoms with Crippen LogP contribution in [0.15, 0.2) is 24.3 Å². The van der Waals surface area contributed by atoms with Gasteiger partial charge in [-0.2, -0.15) is 0 Å². The molecule has 0 aromatic heterocycles. The number of hydrogen-bond acceptors (Lipinski definition) is 4. The second-order valence-electron chi connectivity index (χ2n) is 7.46. The van der Waals surface area contributed by atoms with Gasteiger partial charge in [-0.1, -0.05) is 19.3 Å². The maximum Gasteiger partial charge on any atom is 0.224 e.